The van der Waals surface area contributed by atoms with Gasteiger partial charge in [0.25, 0.3) is 5.91 Å². The second-order valence-corrected chi connectivity index (χ2v) is 8.33. The minimum Gasteiger partial charge on any atom is -0.484 e. The van der Waals surface area contributed by atoms with E-state index in [0.717, 1.165) is 16.1 Å². The Balaban J connectivity index is 1.98. The summed E-state index contributed by atoms with van der Waals surface area (Å²) >= 11 is 0. The highest BCUT2D eigenvalue weighted by Crippen LogP contribution is 2.21. The summed E-state index contributed by atoms with van der Waals surface area (Å²) in [6.45, 7) is 3.55. The molecule has 0 saturated heterocycles. The second kappa shape index (κ2) is 9.42. The monoisotopic (exact) mass is 420 g/mol. The Labute approximate surface area is 170 Å². The van der Waals surface area contributed by atoms with E-state index in [2.05, 4.69) is 5.32 Å². The molecule has 0 aromatic heterocycles. The highest BCUT2D eigenvalue weighted by atomic mass is 32.2. The summed E-state index contributed by atoms with van der Waals surface area (Å²) in [7, 11) is -1.90. The predicted molar refractivity (Wildman–Crippen MR) is 111 cm³/mol. The zero-order valence-electron chi connectivity index (χ0n) is 16.8. The van der Waals surface area contributed by atoms with Crippen molar-refractivity contribution in [3.63, 3.8) is 0 Å². The van der Waals surface area contributed by atoms with Gasteiger partial charge in [0.05, 0.1) is 24.1 Å². The van der Waals surface area contributed by atoms with Crippen LogP contribution in [0.1, 0.15) is 22.8 Å². The lowest BCUT2D eigenvalue weighted by Gasteiger charge is -2.17. The Morgan fingerprint density at radius 3 is 2.34 bits per heavy atom. The van der Waals surface area contributed by atoms with Crippen LogP contribution in [0.15, 0.2) is 42.5 Å². The van der Waals surface area contributed by atoms with Crippen molar-refractivity contribution < 1.29 is 27.5 Å². The van der Waals surface area contributed by atoms with E-state index >= 15 is 0 Å². The third kappa shape index (κ3) is 6.21. The molecule has 29 heavy (non-hydrogen) atoms. The van der Waals surface area contributed by atoms with Gasteiger partial charge in [-0.15, -0.1) is 0 Å². The summed E-state index contributed by atoms with van der Waals surface area (Å²) in [6, 6.07) is 11.2. The number of rotatable bonds is 8. The van der Waals surface area contributed by atoms with E-state index in [1.807, 2.05) is 6.92 Å². The molecule has 2 rings (SSSR count). The minimum atomic E-state index is -3.35. The van der Waals surface area contributed by atoms with Crippen LogP contribution < -0.4 is 14.4 Å². The maximum atomic E-state index is 12.2. The fourth-order valence-corrected chi connectivity index (χ4v) is 2.88. The molecule has 0 radical (unpaired) electrons. The largest absolute Gasteiger partial charge is 0.484 e. The van der Waals surface area contributed by atoms with Crippen molar-refractivity contribution in [2.75, 3.05) is 36.1 Å². The van der Waals surface area contributed by atoms with Crippen molar-refractivity contribution >= 4 is 33.3 Å². The minimum absolute atomic E-state index is 0.246. The molecule has 0 heterocycles. The van der Waals surface area contributed by atoms with Gasteiger partial charge in [0.15, 0.2) is 6.61 Å². The molecule has 0 bridgehead atoms. The zero-order valence-corrected chi connectivity index (χ0v) is 17.6. The zero-order chi connectivity index (χ0) is 21.6. The number of aryl methyl sites for hydroxylation is 1. The van der Waals surface area contributed by atoms with Gasteiger partial charge in [0, 0.05) is 12.7 Å². The van der Waals surface area contributed by atoms with Crippen molar-refractivity contribution in [2.24, 2.45) is 0 Å². The molecular formula is C20H24N2O6S. The van der Waals surface area contributed by atoms with Gasteiger partial charge in [0.1, 0.15) is 5.75 Å². The van der Waals surface area contributed by atoms with Crippen molar-refractivity contribution in [3.8, 4) is 5.75 Å². The fourth-order valence-electron chi connectivity index (χ4n) is 2.38. The van der Waals surface area contributed by atoms with E-state index in [-0.39, 0.29) is 13.2 Å². The fraction of sp³-hybridized carbons (Fsp3) is 0.300. The molecule has 2 aromatic carbocycles. The number of carbonyl (C=O) groups is 2. The number of sulfonamides is 1. The lowest BCUT2D eigenvalue weighted by Crippen LogP contribution is -2.24. The molecule has 0 saturated carbocycles. The molecule has 1 amide bonds. The first-order valence-corrected chi connectivity index (χ1v) is 10.7. The number of anilines is 2. The summed E-state index contributed by atoms with van der Waals surface area (Å²) in [5.74, 6) is -0.437. The SMILES string of the molecule is CCOC(=O)c1ccc(C)c(NC(=O)COc2ccc(N(C)S(C)(=O)=O)cc2)c1. The van der Waals surface area contributed by atoms with Crippen LogP contribution in [0.2, 0.25) is 0 Å². The smallest absolute Gasteiger partial charge is 0.338 e. The highest BCUT2D eigenvalue weighted by Gasteiger charge is 2.13. The standard InChI is InChI=1S/C20H24N2O6S/c1-5-27-20(24)15-7-6-14(2)18(12-15)21-19(23)13-28-17-10-8-16(9-11-17)22(3)29(4,25)26/h6-12H,5,13H2,1-4H3,(H,21,23). The van der Waals surface area contributed by atoms with E-state index in [9.17, 15) is 18.0 Å². The number of carbonyl (C=O) groups excluding carboxylic acids is 2. The number of hydrogen-bond donors (Lipinski definition) is 1. The molecule has 0 fully saturated rings. The Morgan fingerprint density at radius 1 is 1.10 bits per heavy atom. The first kappa shape index (κ1) is 22.2. The molecule has 0 spiro atoms. The van der Waals surface area contributed by atoms with Gasteiger partial charge in [0.2, 0.25) is 10.0 Å². The van der Waals surface area contributed by atoms with Crippen LogP contribution in [0, 0.1) is 6.92 Å². The van der Waals surface area contributed by atoms with Gasteiger partial charge >= 0.3 is 5.97 Å². The van der Waals surface area contributed by atoms with Crippen LogP contribution >= 0.6 is 0 Å². The summed E-state index contributed by atoms with van der Waals surface area (Å²) in [5, 5.41) is 2.71. The molecule has 0 aliphatic carbocycles. The average Bonchev–Trinajstić information content (AvgIpc) is 2.67. The summed E-state index contributed by atoms with van der Waals surface area (Å²) < 4.78 is 34.6. The number of amides is 1. The summed E-state index contributed by atoms with van der Waals surface area (Å²) in [5.41, 5.74) is 2.11. The van der Waals surface area contributed by atoms with E-state index in [4.69, 9.17) is 9.47 Å². The van der Waals surface area contributed by atoms with Gasteiger partial charge in [-0.25, -0.2) is 13.2 Å². The lowest BCUT2D eigenvalue weighted by molar-refractivity contribution is -0.118. The van der Waals surface area contributed by atoms with Gasteiger partial charge < -0.3 is 14.8 Å². The summed E-state index contributed by atoms with van der Waals surface area (Å²) in [4.78, 5) is 24.1. The Morgan fingerprint density at radius 2 is 1.76 bits per heavy atom. The van der Waals surface area contributed by atoms with Crippen LogP contribution in [-0.4, -0.2) is 46.8 Å². The number of benzene rings is 2. The Bertz CT molecular complexity index is 987. The quantitative estimate of drug-likeness (QED) is 0.659. The molecule has 0 unspecified atom stereocenters. The van der Waals surface area contributed by atoms with Crippen LogP contribution in [0.5, 0.6) is 5.75 Å². The third-order valence-corrected chi connectivity index (χ3v) is 5.30. The first-order valence-electron chi connectivity index (χ1n) is 8.86. The number of nitrogens with zero attached hydrogens (tertiary/aromatic N) is 1. The molecule has 0 atom stereocenters. The van der Waals surface area contributed by atoms with Gasteiger partial charge in [-0.2, -0.15) is 0 Å². The van der Waals surface area contributed by atoms with Crippen LogP contribution in [0.3, 0.4) is 0 Å². The van der Waals surface area contributed by atoms with E-state index in [1.165, 1.54) is 7.05 Å². The highest BCUT2D eigenvalue weighted by molar-refractivity contribution is 7.92. The van der Waals surface area contributed by atoms with Crippen molar-refractivity contribution in [1.29, 1.82) is 0 Å². The molecule has 8 nitrogen and oxygen atoms in total. The molecular weight excluding hydrogens is 396 g/mol. The molecule has 156 valence electrons. The molecule has 1 N–H and O–H groups in total. The third-order valence-electron chi connectivity index (χ3n) is 4.09. The number of ether oxygens (including phenoxy) is 2. The van der Waals surface area contributed by atoms with Gasteiger partial charge in [-0.05, 0) is 55.8 Å². The van der Waals surface area contributed by atoms with Crippen molar-refractivity contribution in [2.45, 2.75) is 13.8 Å². The number of nitrogens with one attached hydrogen (secondary N) is 1. The maximum absolute atomic E-state index is 12.2. The average molecular weight is 420 g/mol. The number of hydrogen-bond acceptors (Lipinski definition) is 6. The van der Waals surface area contributed by atoms with Crippen LogP contribution in [-0.2, 0) is 19.6 Å². The second-order valence-electron chi connectivity index (χ2n) is 6.31. The maximum Gasteiger partial charge on any atom is 0.338 e. The van der Waals surface area contributed by atoms with E-state index in [1.54, 1.807) is 49.4 Å². The first-order chi connectivity index (χ1) is 13.6. The summed E-state index contributed by atoms with van der Waals surface area (Å²) in [6.07, 6.45) is 1.11. The van der Waals surface area contributed by atoms with E-state index in [0.29, 0.717) is 22.7 Å². The Hall–Kier alpha value is -3.07. The molecule has 0 aliphatic heterocycles. The molecule has 9 heteroatoms. The predicted octanol–water partition coefficient (Wildman–Crippen LogP) is 2.59. The van der Waals surface area contributed by atoms with Crippen LogP contribution in [0.4, 0.5) is 11.4 Å². The van der Waals surface area contributed by atoms with Crippen molar-refractivity contribution in [1.82, 2.24) is 0 Å². The normalized spacial score (nSPS) is 10.9. The molecule has 2 aromatic rings. The van der Waals surface area contributed by atoms with Gasteiger partial charge in [-0.1, -0.05) is 6.07 Å². The topological polar surface area (TPSA) is 102 Å². The van der Waals surface area contributed by atoms with Gasteiger partial charge in [-0.3, -0.25) is 9.10 Å². The van der Waals surface area contributed by atoms with E-state index < -0.39 is 21.9 Å². The van der Waals surface area contributed by atoms with Crippen LogP contribution in [0.25, 0.3) is 0 Å². The van der Waals surface area contributed by atoms with Crippen molar-refractivity contribution in [3.05, 3.63) is 53.6 Å². The molecule has 0 aliphatic rings. The number of esters is 1. The Kier molecular flexibility index (Phi) is 7.22. The lowest BCUT2D eigenvalue weighted by atomic mass is 10.1.